The van der Waals surface area contributed by atoms with E-state index < -0.39 is 103 Å². The first kappa shape index (κ1) is 62.8. The van der Waals surface area contributed by atoms with Crippen LogP contribution in [0.5, 0.6) is 0 Å². The Morgan fingerprint density at radius 2 is 1.66 bits per heavy atom. The number of ether oxygens (including phenoxy) is 10. The summed E-state index contributed by atoms with van der Waals surface area (Å²) < 4.78 is 65.2. The zero-order valence-electron chi connectivity index (χ0n) is 49.6. The average Bonchev–Trinajstić information content (AvgIpc) is 2.32. The zero-order valence-corrected chi connectivity index (χ0v) is 50.4. The predicted molar refractivity (Wildman–Crippen MR) is 305 cm³/mol. The second kappa shape index (κ2) is 27.3. The van der Waals surface area contributed by atoms with Gasteiger partial charge in [0.05, 0.1) is 67.5 Å². The molecule has 6 saturated heterocycles. The predicted octanol–water partition coefficient (Wildman–Crippen LogP) is 5.73. The second-order valence-electron chi connectivity index (χ2n) is 24.5. The van der Waals surface area contributed by atoms with Gasteiger partial charge in [0.2, 0.25) is 11.8 Å². The molecule has 9 aliphatic rings. The van der Waals surface area contributed by atoms with Crippen molar-refractivity contribution < 1.29 is 76.8 Å². The molecule has 20 nitrogen and oxygen atoms in total. The number of unbranched alkanes of at least 4 members (excludes halogenated alkanes) is 1. The van der Waals surface area contributed by atoms with Gasteiger partial charge in [0.1, 0.15) is 35.9 Å². The molecule has 21 heteroatoms. The first-order valence-corrected chi connectivity index (χ1v) is 31.2. The molecule has 2 bridgehead atoms. The Labute approximate surface area is 488 Å². The standard InChI is InChI=1S/C61H92N4O16S/c1-11-32(2)55-35(5)21-23-60(81-55)29-41-26-40(80-60)20-19-34(4)54(33(3)15-14-16-39-30-74-57-53(68)36(6)25-42(58(69)77-41)61(39,57)71)78-50-28-45(73-10)56(38(8)76-50)79-49-27-44(72-9)51(37(7)75-49)64-48(67)22-24-62-47(66)18-13-12-17-46-52-43(31-82-46)63-59(70)65-52/h14-16,19,21,23,25,32-33,35,37-38,40-46,49-57,68,71H,11-13,17-18,20,22,24,26-31H2,1-10H3,(H,62,66)(H,64,67)(H2,63,65,70)/b15-14+,34-19+,39-16+/t32?,33-,35-,37-,38-,40+,41-,42-,43?,44-,45-,46-,49-,50-,51-,52?,53+,54-,55+,56-,57+,60+,61+/m0/s1. The summed E-state index contributed by atoms with van der Waals surface area (Å²) >= 11 is 1.86. The number of nitrogens with one attached hydrogen (secondary N) is 4. The van der Waals surface area contributed by atoms with Gasteiger partial charge in [-0.05, 0) is 75.7 Å². The maximum Gasteiger partial charge on any atom is 0.316 e. The Hall–Kier alpha value is -3.71. The lowest BCUT2D eigenvalue weighted by Crippen LogP contribution is -2.59. The molecule has 0 saturated carbocycles. The highest BCUT2D eigenvalue weighted by Gasteiger charge is 2.60. The van der Waals surface area contributed by atoms with Crippen LogP contribution in [0.2, 0.25) is 0 Å². The van der Waals surface area contributed by atoms with E-state index in [0.717, 1.165) is 37.0 Å². The molecule has 8 heterocycles. The molecule has 6 N–H and O–H groups in total. The smallest absolute Gasteiger partial charge is 0.316 e. The molecule has 1 spiro atoms. The first-order chi connectivity index (χ1) is 39.2. The first-order valence-electron chi connectivity index (χ1n) is 30.1. The highest BCUT2D eigenvalue weighted by Crippen LogP contribution is 2.47. The summed E-state index contributed by atoms with van der Waals surface area (Å²) in [5.41, 5.74) is 0.0439. The molecule has 0 aromatic heterocycles. The van der Waals surface area contributed by atoms with Gasteiger partial charge in [-0.15, -0.1) is 0 Å². The molecule has 0 aromatic carbocycles. The van der Waals surface area contributed by atoms with Crippen molar-refractivity contribution >= 4 is 35.6 Å². The monoisotopic (exact) mass is 1170 g/mol. The van der Waals surface area contributed by atoms with Gasteiger partial charge in [-0.2, -0.15) is 11.8 Å². The number of hydrogen-bond donors (Lipinski definition) is 6. The minimum Gasteiger partial charge on any atom is -0.462 e. The van der Waals surface area contributed by atoms with Gasteiger partial charge in [0, 0.05) is 82.1 Å². The molecular weight excluding hydrogens is 1080 g/mol. The number of fused-ring (bicyclic) bond motifs is 3. The molecule has 0 aromatic rings. The fourth-order valence-corrected chi connectivity index (χ4v) is 15.3. The maximum atomic E-state index is 14.5. The number of aliphatic hydroxyl groups excluding tert-OH is 1. The van der Waals surface area contributed by atoms with E-state index in [9.17, 15) is 29.4 Å². The molecule has 3 unspecified atom stereocenters. The molecule has 4 amide bonds. The Balaban J connectivity index is 0.826. The second-order valence-corrected chi connectivity index (χ2v) is 25.8. The zero-order chi connectivity index (χ0) is 58.6. The van der Waals surface area contributed by atoms with Crippen LogP contribution in [-0.2, 0) is 61.8 Å². The number of hydrogen-bond acceptors (Lipinski definition) is 17. The molecule has 9 rings (SSSR count). The van der Waals surface area contributed by atoms with Gasteiger partial charge in [-0.3, -0.25) is 14.4 Å². The van der Waals surface area contributed by atoms with Crippen molar-refractivity contribution in [3.05, 3.63) is 59.3 Å². The fraction of sp³-hybridized carbons (Fsp3) is 0.770. The number of esters is 1. The summed E-state index contributed by atoms with van der Waals surface area (Å²) in [4.78, 5) is 52.0. The summed E-state index contributed by atoms with van der Waals surface area (Å²) in [6.07, 6.45) is 11.5. The largest absolute Gasteiger partial charge is 0.462 e. The lowest BCUT2D eigenvalue weighted by molar-refractivity contribution is -0.311. The molecule has 82 heavy (non-hydrogen) atoms. The Morgan fingerprint density at radius 1 is 0.902 bits per heavy atom. The van der Waals surface area contributed by atoms with Crippen molar-refractivity contribution in [3.8, 4) is 0 Å². The molecule has 1 aliphatic carbocycles. The summed E-state index contributed by atoms with van der Waals surface area (Å²) in [6.45, 7) is 16.3. The van der Waals surface area contributed by atoms with Gasteiger partial charge < -0.3 is 78.8 Å². The number of allylic oxidation sites excluding steroid dienone is 2. The van der Waals surface area contributed by atoms with E-state index in [-0.39, 0.29) is 79.8 Å². The van der Waals surface area contributed by atoms with E-state index in [1.54, 1.807) is 33.3 Å². The lowest BCUT2D eigenvalue weighted by Gasteiger charge is -2.48. The minimum absolute atomic E-state index is 0.00885. The van der Waals surface area contributed by atoms with Crippen molar-refractivity contribution in [2.24, 2.45) is 23.7 Å². The van der Waals surface area contributed by atoms with Crippen molar-refractivity contribution in [3.63, 3.8) is 0 Å². The van der Waals surface area contributed by atoms with Crippen molar-refractivity contribution in [1.29, 1.82) is 0 Å². The van der Waals surface area contributed by atoms with Crippen LogP contribution < -0.4 is 21.3 Å². The number of methoxy groups -OCH3 is 2. The maximum absolute atomic E-state index is 14.5. The topological polar surface area (TPSA) is 249 Å². The third-order valence-corrected chi connectivity index (χ3v) is 20.1. The van der Waals surface area contributed by atoms with E-state index in [1.807, 2.05) is 50.8 Å². The number of amides is 4. The van der Waals surface area contributed by atoms with Crippen LogP contribution in [-0.4, -0.2) is 182 Å². The van der Waals surface area contributed by atoms with E-state index in [1.165, 1.54) is 0 Å². The SMILES string of the molecule is CCC(C)[C@H]1O[C@]2(C=C[C@@H]1C)C[C@@H]1C[C@@H](C/C=C(\C)[C@@H](O[C@H]3C[C@H](OC)[C@@H](O[C@H]4C[C@H](OC)[C@@H](NC(=O)CCNC(=O)CCCC[C@@H]5SCC6NC(=O)NC65)[C@H](C)O4)[C@H](C)O3)[C@@H](C)/C=C/C=C3\CO[C@@H]4[C@H](O)C(C)=C[C@@H](C(=O)O1)[C@]34O)O2. The Morgan fingerprint density at radius 3 is 2.43 bits per heavy atom. The van der Waals surface area contributed by atoms with E-state index in [2.05, 4.69) is 61.1 Å². The van der Waals surface area contributed by atoms with Crippen molar-refractivity contribution in [2.45, 2.75) is 241 Å². The van der Waals surface area contributed by atoms with Crippen LogP contribution in [0.25, 0.3) is 0 Å². The highest BCUT2D eigenvalue weighted by molar-refractivity contribution is 8.00. The van der Waals surface area contributed by atoms with Gasteiger partial charge in [0.25, 0.3) is 0 Å². The summed E-state index contributed by atoms with van der Waals surface area (Å²) in [5.74, 6) is -2.15. The number of urea groups is 1. The third-order valence-electron chi connectivity index (χ3n) is 18.6. The third kappa shape index (κ3) is 14.1. The Kier molecular flexibility index (Phi) is 20.9. The summed E-state index contributed by atoms with van der Waals surface area (Å²) in [5, 5.41) is 36.2. The van der Waals surface area contributed by atoms with E-state index >= 15 is 0 Å². The normalized spacial score (nSPS) is 44.1. The quantitative estimate of drug-likeness (QED) is 0.0440. The molecule has 0 radical (unpaired) electrons. The number of thioether (sulfide) groups is 1. The molecule has 458 valence electrons. The molecule has 6 fully saturated rings. The highest BCUT2D eigenvalue weighted by atomic mass is 32.2. The minimum atomic E-state index is -1.87. The van der Waals surface area contributed by atoms with Crippen LogP contribution in [0.4, 0.5) is 4.79 Å². The van der Waals surface area contributed by atoms with Gasteiger partial charge in [-0.1, -0.05) is 77.0 Å². The van der Waals surface area contributed by atoms with Crippen molar-refractivity contribution in [2.75, 3.05) is 33.1 Å². The molecule has 23 atom stereocenters. The lowest BCUT2D eigenvalue weighted by atomic mass is 9.71. The van der Waals surface area contributed by atoms with Gasteiger partial charge in [-0.25, -0.2) is 4.79 Å². The van der Waals surface area contributed by atoms with E-state index in [4.69, 9.17) is 47.4 Å². The molecule has 8 aliphatic heterocycles. The number of rotatable bonds is 17. The van der Waals surface area contributed by atoms with Crippen LogP contribution in [0.3, 0.4) is 0 Å². The van der Waals surface area contributed by atoms with Gasteiger partial charge >= 0.3 is 12.0 Å². The summed E-state index contributed by atoms with van der Waals surface area (Å²) in [6, 6.07) is -0.235. The van der Waals surface area contributed by atoms with Crippen LogP contribution in [0.15, 0.2) is 59.3 Å². The van der Waals surface area contributed by atoms with Crippen LogP contribution >= 0.6 is 11.8 Å². The summed E-state index contributed by atoms with van der Waals surface area (Å²) in [7, 11) is 3.24. The van der Waals surface area contributed by atoms with Gasteiger partial charge in [0.15, 0.2) is 18.4 Å². The van der Waals surface area contributed by atoms with Crippen LogP contribution in [0, 0.1) is 23.7 Å². The number of carbonyl (C=O) groups excluding carboxylic acids is 4. The van der Waals surface area contributed by atoms with Crippen molar-refractivity contribution in [1.82, 2.24) is 21.3 Å². The van der Waals surface area contributed by atoms with E-state index in [0.29, 0.717) is 48.5 Å². The molecular formula is C61H92N4O16S. The number of carbonyl (C=O) groups is 4. The number of aliphatic hydroxyl groups is 2. The average molecular weight is 1170 g/mol. The van der Waals surface area contributed by atoms with Crippen LogP contribution in [0.1, 0.15) is 126 Å². The fourth-order valence-electron chi connectivity index (χ4n) is 13.7. The Bertz CT molecular complexity index is 2420.